The average molecular weight is 349 g/mol. The van der Waals surface area contributed by atoms with Crippen LogP contribution in [0.5, 0.6) is 5.75 Å². The molecule has 110 valence electrons. The highest BCUT2D eigenvalue weighted by molar-refractivity contribution is 9.10. The first kappa shape index (κ1) is 15.4. The molecule has 0 saturated heterocycles. The second-order valence-electron chi connectivity index (χ2n) is 4.67. The van der Waals surface area contributed by atoms with Gasteiger partial charge in [-0.25, -0.2) is 0 Å². The van der Waals surface area contributed by atoms with Crippen LogP contribution in [0.15, 0.2) is 46.9 Å². The van der Waals surface area contributed by atoms with Gasteiger partial charge in [0.2, 0.25) is 5.91 Å². The summed E-state index contributed by atoms with van der Waals surface area (Å²) in [6.45, 7) is 2.25. The maximum Gasteiger partial charge on any atom is 0.227 e. The number of carbonyl (C=O) groups is 1. The minimum atomic E-state index is -0.0965. The molecule has 0 bridgehead atoms. The highest BCUT2D eigenvalue weighted by Gasteiger charge is 2.05. The summed E-state index contributed by atoms with van der Waals surface area (Å²) >= 11 is 3.36. The van der Waals surface area contributed by atoms with Gasteiger partial charge in [0.1, 0.15) is 5.75 Å². The molecule has 0 atom stereocenters. The van der Waals surface area contributed by atoms with Crippen molar-refractivity contribution in [1.29, 1.82) is 0 Å². The van der Waals surface area contributed by atoms with E-state index >= 15 is 0 Å². The van der Waals surface area contributed by atoms with Gasteiger partial charge in [-0.05, 0) is 48.9 Å². The fourth-order valence-electron chi connectivity index (χ4n) is 1.78. The molecule has 0 spiro atoms. The third-order valence-electron chi connectivity index (χ3n) is 2.95. The minimum Gasteiger partial charge on any atom is -0.493 e. The van der Waals surface area contributed by atoms with Crippen LogP contribution in [-0.2, 0) is 4.79 Å². The van der Waals surface area contributed by atoms with Crippen molar-refractivity contribution in [3.05, 3.63) is 52.5 Å². The van der Waals surface area contributed by atoms with Crippen molar-refractivity contribution in [2.24, 2.45) is 0 Å². The van der Waals surface area contributed by atoms with Crippen LogP contribution in [0.25, 0.3) is 0 Å². The molecule has 2 rings (SSSR count). The molecule has 0 heterocycles. The van der Waals surface area contributed by atoms with Gasteiger partial charge in [-0.15, -0.1) is 0 Å². The van der Waals surface area contributed by atoms with Crippen molar-refractivity contribution < 1.29 is 9.53 Å². The van der Waals surface area contributed by atoms with E-state index in [1.807, 2.05) is 43.3 Å². The lowest BCUT2D eigenvalue weighted by Crippen LogP contribution is -2.16. The summed E-state index contributed by atoms with van der Waals surface area (Å²) < 4.78 is 6.51. The zero-order chi connectivity index (χ0) is 15.2. The van der Waals surface area contributed by atoms with Crippen LogP contribution in [0.3, 0.4) is 0 Å². The number of nitrogens with two attached hydrogens (primary N) is 1. The summed E-state index contributed by atoms with van der Waals surface area (Å²) in [6.07, 6.45) is 0.282. The van der Waals surface area contributed by atoms with Gasteiger partial charge in [-0.2, -0.15) is 0 Å². The Bertz CT molecular complexity index is 627. The van der Waals surface area contributed by atoms with Gasteiger partial charge >= 0.3 is 0 Å². The monoisotopic (exact) mass is 348 g/mol. The molecule has 5 heteroatoms. The third-order valence-corrected chi connectivity index (χ3v) is 3.48. The maximum atomic E-state index is 11.9. The molecule has 1 amide bonds. The molecule has 2 aromatic carbocycles. The first-order valence-corrected chi connectivity index (χ1v) is 7.38. The van der Waals surface area contributed by atoms with Crippen LogP contribution < -0.4 is 15.8 Å². The van der Waals surface area contributed by atoms with Gasteiger partial charge in [-0.3, -0.25) is 4.79 Å². The van der Waals surface area contributed by atoms with E-state index in [-0.39, 0.29) is 12.3 Å². The number of carbonyl (C=O) groups excluding carboxylic acids is 1. The number of rotatable bonds is 5. The van der Waals surface area contributed by atoms with E-state index < -0.39 is 0 Å². The van der Waals surface area contributed by atoms with Gasteiger partial charge < -0.3 is 15.8 Å². The number of amides is 1. The van der Waals surface area contributed by atoms with E-state index in [2.05, 4.69) is 21.2 Å². The van der Waals surface area contributed by atoms with E-state index in [4.69, 9.17) is 10.5 Å². The molecule has 0 aliphatic rings. The smallest absolute Gasteiger partial charge is 0.227 e. The number of halogens is 1. The van der Waals surface area contributed by atoms with E-state index in [9.17, 15) is 4.79 Å². The number of hydrogen-bond donors (Lipinski definition) is 2. The topological polar surface area (TPSA) is 64.3 Å². The van der Waals surface area contributed by atoms with Gasteiger partial charge in [0, 0.05) is 15.8 Å². The molecule has 4 nitrogen and oxygen atoms in total. The molecular weight excluding hydrogens is 332 g/mol. The molecule has 0 fully saturated rings. The van der Waals surface area contributed by atoms with Gasteiger partial charge in [0.05, 0.1) is 13.0 Å². The molecule has 2 aromatic rings. The first-order chi connectivity index (χ1) is 10.0. The maximum absolute atomic E-state index is 11.9. The van der Waals surface area contributed by atoms with E-state index in [1.54, 1.807) is 6.07 Å². The number of aryl methyl sites for hydroxylation is 1. The second kappa shape index (κ2) is 7.13. The Morgan fingerprint density at radius 3 is 2.67 bits per heavy atom. The lowest BCUT2D eigenvalue weighted by Gasteiger charge is -2.10. The quantitative estimate of drug-likeness (QED) is 0.808. The van der Waals surface area contributed by atoms with E-state index in [1.165, 1.54) is 0 Å². The van der Waals surface area contributed by atoms with Gasteiger partial charge in [-0.1, -0.05) is 22.0 Å². The Morgan fingerprint density at radius 2 is 1.95 bits per heavy atom. The van der Waals surface area contributed by atoms with Crippen LogP contribution in [0.4, 0.5) is 11.4 Å². The highest BCUT2D eigenvalue weighted by atomic mass is 79.9. The largest absolute Gasteiger partial charge is 0.493 e. The number of nitrogen functional groups attached to an aromatic ring is 1. The van der Waals surface area contributed by atoms with Crippen molar-refractivity contribution in [1.82, 2.24) is 0 Å². The number of ether oxygens (including phenoxy) is 1. The van der Waals surface area contributed by atoms with Crippen molar-refractivity contribution in [3.8, 4) is 5.75 Å². The van der Waals surface area contributed by atoms with Crippen LogP contribution >= 0.6 is 15.9 Å². The standard InChI is InChI=1S/C16H17BrN2O2/c1-11-2-5-13(18)10-15(11)19-16(20)8-9-21-14-6-3-12(17)4-7-14/h2-7,10H,8-9,18H2,1H3,(H,19,20). The normalized spacial score (nSPS) is 10.2. The highest BCUT2D eigenvalue weighted by Crippen LogP contribution is 2.19. The van der Waals surface area contributed by atoms with Crippen LogP contribution in [-0.4, -0.2) is 12.5 Å². The number of anilines is 2. The van der Waals surface area contributed by atoms with Crippen LogP contribution in [0.2, 0.25) is 0 Å². The number of nitrogens with one attached hydrogen (secondary N) is 1. The number of hydrogen-bond acceptors (Lipinski definition) is 3. The Labute approximate surface area is 132 Å². The Balaban J connectivity index is 1.82. The summed E-state index contributed by atoms with van der Waals surface area (Å²) in [6, 6.07) is 12.9. The van der Waals surface area contributed by atoms with Crippen molar-refractivity contribution in [2.45, 2.75) is 13.3 Å². The van der Waals surface area contributed by atoms with Crippen molar-refractivity contribution in [3.63, 3.8) is 0 Å². The molecule has 0 radical (unpaired) electrons. The molecule has 3 N–H and O–H groups in total. The Morgan fingerprint density at radius 1 is 1.24 bits per heavy atom. The van der Waals surface area contributed by atoms with Crippen LogP contribution in [0, 0.1) is 6.92 Å². The summed E-state index contributed by atoms with van der Waals surface area (Å²) in [4.78, 5) is 11.9. The predicted octanol–water partition coefficient (Wildman–Crippen LogP) is 3.75. The average Bonchev–Trinajstić information content (AvgIpc) is 2.45. The van der Waals surface area contributed by atoms with E-state index in [0.29, 0.717) is 12.3 Å². The van der Waals surface area contributed by atoms with Crippen molar-refractivity contribution in [2.75, 3.05) is 17.7 Å². The number of benzene rings is 2. The molecular formula is C16H17BrN2O2. The summed E-state index contributed by atoms with van der Waals surface area (Å²) in [5.74, 6) is 0.645. The summed E-state index contributed by atoms with van der Waals surface area (Å²) in [5, 5.41) is 2.84. The fraction of sp³-hybridized carbons (Fsp3) is 0.188. The summed E-state index contributed by atoms with van der Waals surface area (Å²) in [7, 11) is 0. The predicted molar refractivity (Wildman–Crippen MR) is 88.5 cm³/mol. The zero-order valence-corrected chi connectivity index (χ0v) is 13.3. The fourth-order valence-corrected chi connectivity index (χ4v) is 2.04. The lowest BCUT2D eigenvalue weighted by atomic mass is 10.2. The Kier molecular flexibility index (Phi) is 5.22. The molecule has 0 aliphatic carbocycles. The second-order valence-corrected chi connectivity index (χ2v) is 5.59. The third kappa shape index (κ3) is 4.79. The zero-order valence-electron chi connectivity index (χ0n) is 11.7. The minimum absolute atomic E-state index is 0.0965. The summed E-state index contributed by atoms with van der Waals surface area (Å²) in [5.41, 5.74) is 8.06. The van der Waals surface area contributed by atoms with E-state index in [0.717, 1.165) is 21.5 Å². The van der Waals surface area contributed by atoms with Gasteiger partial charge in [0.25, 0.3) is 0 Å². The van der Waals surface area contributed by atoms with Crippen molar-refractivity contribution >= 4 is 33.2 Å². The first-order valence-electron chi connectivity index (χ1n) is 6.59. The van der Waals surface area contributed by atoms with Crippen LogP contribution in [0.1, 0.15) is 12.0 Å². The Hall–Kier alpha value is -2.01. The molecule has 0 aromatic heterocycles. The molecule has 0 unspecified atom stereocenters. The lowest BCUT2D eigenvalue weighted by molar-refractivity contribution is -0.116. The molecule has 21 heavy (non-hydrogen) atoms. The van der Waals surface area contributed by atoms with Gasteiger partial charge in [0.15, 0.2) is 0 Å². The SMILES string of the molecule is Cc1ccc(N)cc1NC(=O)CCOc1ccc(Br)cc1. The molecule has 0 aliphatic heterocycles. The molecule has 0 saturated carbocycles.